The van der Waals surface area contributed by atoms with Crippen molar-refractivity contribution in [2.24, 2.45) is 0 Å². The molecule has 2 heterocycles. The van der Waals surface area contributed by atoms with Crippen LogP contribution in [0.25, 0.3) is 16.2 Å². The molecule has 28 heavy (non-hydrogen) atoms. The normalized spacial score (nSPS) is 11.0. The number of hydrogen-bond acceptors (Lipinski definition) is 4. The Bertz CT molecular complexity index is 1130. The maximum atomic E-state index is 13.1. The Morgan fingerprint density at radius 2 is 1.89 bits per heavy atom. The Balaban J connectivity index is 1.56. The Labute approximate surface area is 165 Å². The van der Waals surface area contributed by atoms with E-state index in [9.17, 15) is 9.18 Å². The van der Waals surface area contributed by atoms with Crippen LogP contribution < -0.4 is 10.1 Å². The van der Waals surface area contributed by atoms with Crippen LogP contribution >= 0.6 is 11.3 Å². The van der Waals surface area contributed by atoms with Crippen molar-refractivity contribution in [2.75, 3.05) is 11.9 Å². The number of amides is 1. The number of carbonyl (C=O) groups is 1. The molecule has 142 valence electrons. The number of ether oxygens (including phenoxy) is 1. The summed E-state index contributed by atoms with van der Waals surface area (Å²) in [7, 11) is 0. The van der Waals surface area contributed by atoms with Gasteiger partial charge in [-0.2, -0.15) is 0 Å². The summed E-state index contributed by atoms with van der Waals surface area (Å²) >= 11 is 1.32. The molecule has 1 amide bonds. The number of carbonyl (C=O) groups excluding carboxylic acids is 1. The third kappa shape index (κ3) is 3.48. The minimum Gasteiger partial charge on any atom is -0.494 e. The van der Waals surface area contributed by atoms with Crippen LogP contribution in [-0.2, 0) is 0 Å². The molecular weight excluding hydrogens is 377 g/mol. The van der Waals surface area contributed by atoms with Crippen LogP contribution in [0.2, 0.25) is 0 Å². The number of halogens is 1. The van der Waals surface area contributed by atoms with E-state index in [0.717, 1.165) is 22.7 Å². The fourth-order valence-electron chi connectivity index (χ4n) is 2.91. The Morgan fingerprint density at radius 1 is 1.18 bits per heavy atom. The number of aromatic nitrogens is 2. The largest absolute Gasteiger partial charge is 0.494 e. The summed E-state index contributed by atoms with van der Waals surface area (Å²) in [5.41, 5.74) is 3.08. The van der Waals surface area contributed by atoms with Gasteiger partial charge in [0.05, 0.1) is 12.3 Å². The van der Waals surface area contributed by atoms with Gasteiger partial charge in [-0.25, -0.2) is 9.37 Å². The van der Waals surface area contributed by atoms with E-state index < -0.39 is 0 Å². The first-order valence-electron chi connectivity index (χ1n) is 8.84. The van der Waals surface area contributed by atoms with E-state index in [1.165, 1.54) is 23.5 Å². The summed E-state index contributed by atoms with van der Waals surface area (Å²) in [4.78, 5) is 18.6. The molecule has 4 rings (SSSR count). The number of imidazole rings is 1. The minimum atomic E-state index is -0.283. The summed E-state index contributed by atoms with van der Waals surface area (Å²) in [5.74, 6) is 0.300. The summed E-state index contributed by atoms with van der Waals surface area (Å²) in [6, 6.07) is 13.5. The van der Waals surface area contributed by atoms with E-state index >= 15 is 0 Å². The van der Waals surface area contributed by atoms with Gasteiger partial charge in [0.15, 0.2) is 4.96 Å². The maximum absolute atomic E-state index is 13.1. The van der Waals surface area contributed by atoms with Gasteiger partial charge in [-0.15, -0.1) is 0 Å². The lowest BCUT2D eigenvalue weighted by molar-refractivity contribution is 0.102. The van der Waals surface area contributed by atoms with Gasteiger partial charge in [-0.05, 0) is 62.4 Å². The number of aryl methyl sites for hydroxylation is 1. The van der Waals surface area contributed by atoms with E-state index in [1.54, 1.807) is 12.1 Å². The molecule has 2 aromatic heterocycles. The average Bonchev–Trinajstić information content (AvgIpc) is 3.24. The Kier molecular flexibility index (Phi) is 4.83. The van der Waals surface area contributed by atoms with Crippen molar-refractivity contribution >= 4 is 27.9 Å². The highest BCUT2D eigenvalue weighted by Crippen LogP contribution is 2.28. The highest BCUT2D eigenvalue weighted by molar-refractivity contribution is 7.19. The molecule has 0 radical (unpaired) electrons. The topological polar surface area (TPSA) is 55.6 Å². The van der Waals surface area contributed by atoms with Crippen LogP contribution in [0.4, 0.5) is 10.1 Å². The standard InChI is InChI=1S/C21H18FN3O2S/c1-3-27-17-10-8-16(9-11-17)23-20(26)19-13(2)25-12-18(24-21(25)28-19)14-4-6-15(22)7-5-14/h4-12H,3H2,1-2H3,(H,23,26). The molecule has 0 unspecified atom stereocenters. The summed E-state index contributed by atoms with van der Waals surface area (Å²) in [6.07, 6.45) is 1.86. The van der Waals surface area contributed by atoms with Gasteiger partial charge in [0, 0.05) is 23.1 Å². The molecular formula is C21H18FN3O2S. The summed E-state index contributed by atoms with van der Waals surface area (Å²) in [6.45, 7) is 4.40. The van der Waals surface area contributed by atoms with Gasteiger partial charge in [0.2, 0.25) is 0 Å². The van der Waals surface area contributed by atoms with Gasteiger partial charge in [-0.1, -0.05) is 11.3 Å². The fourth-order valence-corrected chi connectivity index (χ4v) is 3.91. The smallest absolute Gasteiger partial charge is 0.267 e. The third-order valence-electron chi connectivity index (χ3n) is 4.33. The zero-order valence-corrected chi connectivity index (χ0v) is 16.2. The predicted molar refractivity (Wildman–Crippen MR) is 109 cm³/mol. The van der Waals surface area contributed by atoms with E-state index in [2.05, 4.69) is 10.3 Å². The van der Waals surface area contributed by atoms with Crippen molar-refractivity contribution in [1.82, 2.24) is 9.38 Å². The highest BCUT2D eigenvalue weighted by Gasteiger charge is 2.18. The molecule has 1 N–H and O–H groups in total. The monoisotopic (exact) mass is 395 g/mol. The van der Waals surface area contributed by atoms with Crippen molar-refractivity contribution in [1.29, 1.82) is 0 Å². The molecule has 0 fully saturated rings. The van der Waals surface area contributed by atoms with Gasteiger partial charge < -0.3 is 10.1 Å². The average molecular weight is 395 g/mol. The molecule has 0 saturated heterocycles. The molecule has 7 heteroatoms. The quantitative estimate of drug-likeness (QED) is 0.508. The second-order valence-corrected chi connectivity index (χ2v) is 7.19. The van der Waals surface area contributed by atoms with Gasteiger partial charge >= 0.3 is 0 Å². The molecule has 0 aliphatic heterocycles. The number of fused-ring (bicyclic) bond motifs is 1. The summed E-state index contributed by atoms with van der Waals surface area (Å²) in [5, 5.41) is 2.90. The lowest BCUT2D eigenvalue weighted by Gasteiger charge is -2.06. The van der Waals surface area contributed by atoms with Gasteiger partial charge in [-0.3, -0.25) is 9.20 Å². The third-order valence-corrected chi connectivity index (χ3v) is 5.48. The van der Waals surface area contributed by atoms with Gasteiger partial charge in [0.1, 0.15) is 16.4 Å². The number of benzene rings is 2. The van der Waals surface area contributed by atoms with E-state index in [4.69, 9.17) is 4.74 Å². The SMILES string of the molecule is CCOc1ccc(NC(=O)c2sc3nc(-c4ccc(F)cc4)cn3c2C)cc1. The molecule has 0 aliphatic rings. The van der Waals surface area contributed by atoms with Crippen LogP contribution in [0.1, 0.15) is 22.3 Å². The lowest BCUT2D eigenvalue weighted by atomic mass is 10.2. The molecule has 0 aliphatic carbocycles. The molecule has 0 atom stereocenters. The van der Waals surface area contributed by atoms with E-state index in [-0.39, 0.29) is 11.7 Å². The first-order chi connectivity index (χ1) is 13.5. The molecule has 0 bridgehead atoms. The molecule has 5 nitrogen and oxygen atoms in total. The molecule has 0 saturated carbocycles. The second-order valence-electron chi connectivity index (χ2n) is 6.21. The van der Waals surface area contributed by atoms with Crippen LogP contribution in [0, 0.1) is 12.7 Å². The fraction of sp³-hybridized carbons (Fsp3) is 0.143. The lowest BCUT2D eigenvalue weighted by Crippen LogP contribution is -2.11. The Hall–Kier alpha value is -3.19. The maximum Gasteiger partial charge on any atom is 0.267 e. The Morgan fingerprint density at radius 3 is 2.54 bits per heavy atom. The van der Waals surface area contributed by atoms with Crippen LogP contribution in [0.15, 0.2) is 54.7 Å². The number of nitrogens with one attached hydrogen (secondary N) is 1. The van der Waals surface area contributed by atoms with Crippen molar-refractivity contribution in [3.63, 3.8) is 0 Å². The minimum absolute atomic E-state index is 0.180. The number of thiazole rings is 1. The van der Waals surface area contributed by atoms with Crippen LogP contribution in [0.3, 0.4) is 0 Å². The van der Waals surface area contributed by atoms with Crippen LogP contribution in [-0.4, -0.2) is 21.9 Å². The van der Waals surface area contributed by atoms with Crippen molar-refractivity contribution in [3.8, 4) is 17.0 Å². The number of anilines is 1. The second kappa shape index (κ2) is 7.44. The first kappa shape index (κ1) is 18.2. The van der Waals surface area contributed by atoms with E-state index in [1.807, 2.05) is 48.7 Å². The molecule has 2 aromatic carbocycles. The summed E-state index contributed by atoms with van der Waals surface area (Å²) < 4.78 is 20.4. The van der Waals surface area contributed by atoms with E-state index in [0.29, 0.717) is 22.1 Å². The van der Waals surface area contributed by atoms with Crippen molar-refractivity contribution in [2.45, 2.75) is 13.8 Å². The molecule has 0 spiro atoms. The first-order valence-corrected chi connectivity index (χ1v) is 9.65. The predicted octanol–water partition coefficient (Wildman–Crippen LogP) is 5.16. The molecule has 4 aromatic rings. The number of nitrogens with zero attached hydrogens (tertiary/aromatic N) is 2. The van der Waals surface area contributed by atoms with Gasteiger partial charge in [0.25, 0.3) is 5.91 Å². The number of rotatable bonds is 5. The zero-order chi connectivity index (χ0) is 19.7. The van der Waals surface area contributed by atoms with Crippen molar-refractivity contribution in [3.05, 3.63) is 71.1 Å². The zero-order valence-electron chi connectivity index (χ0n) is 15.4. The number of hydrogen-bond donors (Lipinski definition) is 1. The highest BCUT2D eigenvalue weighted by atomic mass is 32.1. The van der Waals surface area contributed by atoms with Crippen molar-refractivity contribution < 1.29 is 13.9 Å². The van der Waals surface area contributed by atoms with Crippen LogP contribution in [0.5, 0.6) is 5.75 Å².